The summed E-state index contributed by atoms with van der Waals surface area (Å²) in [5, 5.41) is 19.1. The van der Waals surface area contributed by atoms with Crippen LogP contribution in [-0.2, 0) is 24.8 Å². The van der Waals surface area contributed by atoms with Crippen molar-refractivity contribution in [3.8, 4) is 0 Å². The van der Waals surface area contributed by atoms with Crippen molar-refractivity contribution < 1.29 is 21.6 Å². The van der Waals surface area contributed by atoms with Gasteiger partial charge in [-0.05, 0) is 113 Å². The zero-order valence-corrected chi connectivity index (χ0v) is 49.1. The Morgan fingerprint density at radius 1 is 0.653 bits per heavy atom. The second kappa shape index (κ2) is 20.0. The molecule has 21 heteroatoms. The lowest BCUT2D eigenvalue weighted by atomic mass is 9.79. The molecule has 4 aliphatic heterocycles. The van der Waals surface area contributed by atoms with Crippen LogP contribution in [0.4, 0.5) is 22.7 Å². The number of rotatable bonds is 16. The summed E-state index contributed by atoms with van der Waals surface area (Å²) in [5.74, 6) is 2.14. The number of aliphatic imine (C=N–C) groups is 2. The minimum absolute atomic E-state index is 0.114. The Bertz CT molecular complexity index is 3030. The normalized spacial score (nSPS) is 21.3. The highest BCUT2D eigenvalue weighted by atomic mass is 32.2. The van der Waals surface area contributed by atoms with Crippen molar-refractivity contribution in [2.45, 2.75) is 158 Å². The molecule has 0 aliphatic carbocycles. The van der Waals surface area contributed by atoms with Gasteiger partial charge in [0.1, 0.15) is 11.4 Å². The molecule has 0 bridgehead atoms. The van der Waals surface area contributed by atoms with E-state index in [2.05, 4.69) is 151 Å². The van der Waals surface area contributed by atoms with E-state index in [1.54, 1.807) is 9.58 Å². The second-order valence-electron chi connectivity index (χ2n) is 24.9. The first-order chi connectivity index (χ1) is 34.6. The Hall–Kier alpha value is -5.22. The van der Waals surface area contributed by atoms with E-state index in [1.165, 1.54) is 22.5 Å². The van der Waals surface area contributed by atoms with Gasteiger partial charge in [0.2, 0.25) is 31.7 Å². The Kier molecular flexibility index (Phi) is 14.9. The molecule has 4 aromatic rings. The number of benzene rings is 2. The van der Waals surface area contributed by atoms with Crippen LogP contribution in [0.5, 0.6) is 0 Å². The average molecular weight is 1070 g/mol. The number of hydrogen-bond acceptors (Lipinski definition) is 15. The molecule has 19 nitrogen and oxygen atoms in total. The Morgan fingerprint density at radius 2 is 1.01 bits per heavy atom. The predicted molar refractivity (Wildman–Crippen MR) is 302 cm³/mol. The zero-order valence-electron chi connectivity index (χ0n) is 47.5. The van der Waals surface area contributed by atoms with Crippen LogP contribution >= 0.6 is 0 Å². The molecule has 0 spiro atoms. The van der Waals surface area contributed by atoms with E-state index in [1.807, 2.05) is 13.8 Å². The maximum absolute atomic E-state index is 11.8. The molecule has 75 heavy (non-hydrogen) atoms. The molecular formula is C54H80N14O5S2. The molecule has 0 saturated carbocycles. The molecule has 408 valence electrons. The highest BCUT2D eigenvalue weighted by molar-refractivity contribution is 7.89. The van der Waals surface area contributed by atoms with Crippen LogP contribution in [0.25, 0.3) is 0 Å². The largest absolute Gasteiger partial charge is 0.378 e. The third-order valence-corrected chi connectivity index (χ3v) is 16.3. The summed E-state index contributed by atoms with van der Waals surface area (Å²) in [4.78, 5) is 28.5. The minimum atomic E-state index is -3.37. The first-order valence-electron chi connectivity index (χ1n) is 26.2. The van der Waals surface area contributed by atoms with E-state index < -0.39 is 20.0 Å². The third kappa shape index (κ3) is 11.9. The lowest BCUT2D eigenvalue weighted by Crippen LogP contribution is -2.50. The molecule has 0 saturated heterocycles. The number of hydrogen-bond donors (Lipinski definition) is 2. The number of aryl methyl sites for hydroxylation is 2. The molecule has 2 aromatic heterocycles. The summed E-state index contributed by atoms with van der Waals surface area (Å²) in [7, 11) is -6.74. The van der Waals surface area contributed by atoms with Gasteiger partial charge < -0.3 is 14.5 Å². The second-order valence-corrected chi connectivity index (χ2v) is 28.5. The molecule has 4 unspecified atom stereocenters. The van der Waals surface area contributed by atoms with Crippen molar-refractivity contribution in [3.05, 3.63) is 69.8 Å². The van der Waals surface area contributed by atoms with E-state index in [4.69, 9.17) is 34.9 Å². The molecule has 8 rings (SSSR count). The Morgan fingerprint density at radius 3 is 1.35 bits per heavy atom. The summed E-state index contributed by atoms with van der Waals surface area (Å²) < 4.78 is 59.0. The van der Waals surface area contributed by atoms with Crippen molar-refractivity contribution in [1.29, 1.82) is 0 Å². The number of nitrogens with zero attached hydrogens (tertiary/aromatic N) is 12. The highest BCUT2D eigenvalue weighted by Crippen LogP contribution is 2.48. The monoisotopic (exact) mass is 1070 g/mol. The SMILES string of the molecule is Cc1cc2c(cc1/N=C1/C(C(C)(C)C)=Nn3nc(C(C)CNS(C)(=O)=O)nc31)C(C)CC(C)(C)N2CCOCCN1c2cc(C)c(/N=C3/C(C(C)(C)C)=Nn4nc(C(C)CNS(C)(=O)=O)nc43)cc2C(C)CC1(C)C. The fourth-order valence-corrected chi connectivity index (χ4v) is 12.0. The van der Waals surface area contributed by atoms with Crippen LogP contribution in [0.15, 0.2) is 44.5 Å². The molecular weight excluding hydrogens is 989 g/mol. The van der Waals surface area contributed by atoms with Gasteiger partial charge in [0.15, 0.2) is 11.6 Å². The van der Waals surface area contributed by atoms with Gasteiger partial charge in [0, 0.05) is 71.3 Å². The summed E-state index contributed by atoms with van der Waals surface area (Å²) in [6, 6.07) is 9.01. The number of fused-ring (bicyclic) bond motifs is 4. The van der Waals surface area contributed by atoms with Crippen molar-refractivity contribution in [1.82, 2.24) is 39.2 Å². The molecule has 6 heterocycles. The molecule has 2 aromatic carbocycles. The topological polar surface area (TPSA) is 219 Å². The highest BCUT2D eigenvalue weighted by Gasteiger charge is 2.41. The first kappa shape index (κ1) is 56.0. The van der Waals surface area contributed by atoms with E-state index in [0.29, 0.717) is 47.9 Å². The standard InChI is InChI=1S/C54H80N14O5S2/c1-31-23-41-37(25-39(31)57-43-45(51(7,8)9)61-67-49(43)59-47(63-67)35(5)29-55-74(17,69)70)33(3)27-53(13,14)65(41)19-21-73-22-20-66-42-24-32(2)40(26-38(42)34(4)28-54(66,15)16)58-44-46(52(10,11)12)62-68-50(44)60-48(64-68)36(6)30-56-75(18,71)72/h23-26,33-36,55-56H,19-22,27-30H2,1-18H3/b57-43-,58-44-. The molecule has 0 radical (unpaired) electrons. The fourth-order valence-electron chi connectivity index (χ4n) is 10.9. The van der Waals surface area contributed by atoms with Gasteiger partial charge >= 0.3 is 0 Å². The van der Waals surface area contributed by atoms with Crippen molar-refractivity contribution in [2.24, 2.45) is 31.0 Å². The average Bonchev–Trinajstić information content (AvgIpc) is 4.05. The zero-order chi connectivity index (χ0) is 55.1. The van der Waals surface area contributed by atoms with E-state index in [-0.39, 0.29) is 58.7 Å². The van der Waals surface area contributed by atoms with Gasteiger partial charge in [-0.15, -0.1) is 19.8 Å². The van der Waals surface area contributed by atoms with Gasteiger partial charge in [-0.2, -0.15) is 10.2 Å². The van der Waals surface area contributed by atoms with Gasteiger partial charge in [-0.25, -0.2) is 46.2 Å². The lowest BCUT2D eigenvalue weighted by molar-refractivity contribution is 0.136. The van der Waals surface area contributed by atoms with Gasteiger partial charge in [0.25, 0.3) is 0 Å². The minimum Gasteiger partial charge on any atom is -0.378 e. The quantitative estimate of drug-likeness (QED) is 0.101. The van der Waals surface area contributed by atoms with Crippen LogP contribution in [0.2, 0.25) is 0 Å². The molecule has 4 atom stereocenters. The summed E-state index contributed by atoms with van der Waals surface area (Å²) in [5.41, 5.74) is 10.7. The Labute approximate surface area is 445 Å². The number of nitrogens with one attached hydrogen (secondary N) is 2. The van der Waals surface area contributed by atoms with E-state index in [0.717, 1.165) is 72.4 Å². The molecule has 0 amide bonds. The maximum Gasteiger partial charge on any atom is 0.208 e. The van der Waals surface area contributed by atoms with Crippen molar-refractivity contribution in [2.75, 3.05) is 61.7 Å². The van der Waals surface area contributed by atoms with E-state index in [9.17, 15) is 16.8 Å². The smallest absolute Gasteiger partial charge is 0.208 e. The van der Waals surface area contributed by atoms with Crippen molar-refractivity contribution in [3.63, 3.8) is 0 Å². The third-order valence-electron chi connectivity index (χ3n) is 14.9. The number of aromatic nitrogens is 6. The van der Waals surface area contributed by atoms with Gasteiger partial charge in [0.05, 0.1) is 48.5 Å². The molecule has 2 N–H and O–H groups in total. The first-order valence-corrected chi connectivity index (χ1v) is 30.0. The van der Waals surface area contributed by atoms with Crippen molar-refractivity contribution >= 4 is 65.6 Å². The molecule has 0 fully saturated rings. The molecule has 4 aliphatic rings. The van der Waals surface area contributed by atoms with Crippen LogP contribution in [0.1, 0.15) is 179 Å². The predicted octanol–water partition coefficient (Wildman–Crippen LogP) is 8.46. The van der Waals surface area contributed by atoms with E-state index >= 15 is 0 Å². The summed E-state index contributed by atoms with van der Waals surface area (Å²) in [6.45, 7) is 37.4. The number of sulfonamides is 2. The van der Waals surface area contributed by atoms with Gasteiger partial charge in [-0.1, -0.05) is 69.2 Å². The number of ether oxygens (including phenoxy) is 1. The number of anilines is 2. The van der Waals surface area contributed by atoms with Crippen LogP contribution in [0, 0.1) is 24.7 Å². The summed E-state index contributed by atoms with van der Waals surface area (Å²) in [6.07, 6.45) is 4.21. The Balaban J connectivity index is 0.994. The van der Waals surface area contributed by atoms with Crippen LogP contribution < -0.4 is 19.2 Å². The lowest BCUT2D eigenvalue weighted by Gasteiger charge is -2.48. The fraction of sp³-hybridized carbons (Fsp3) is 0.630. The van der Waals surface area contributed by atoms with Crippen LogP contribution in [0.3, 0.4) is 0 Å². The van der Waals surface area contributed by atoms with Gasteiger partial charge in [-0.3, -0.25) is 0 Å². The van der Waals surface area contributed by atoms with Crippen LogP contribution in [-0.4, -0.2) is 132 Å². The maximum atomic E-state index is 11.8. The summed E-state index contributed by atoms with van der Waals surface area (Å²) >= 11 is 0.